The van der Waals surface area contributed by atoms with Crippen LogP contribution in [0.1, 0.15) is 17.2 Å². The highest BCUT2D eigenvalue weighted by atomic mass is 32.2. The van der Waals surface area contributed by atoms with Crippen molar-refractivity contribution in [1.29, 1.82) is 0 Å². The summed E-state index contributed by atoms with van der Waals surface area (Å²) in [7, 11) is -2.16. The lowest BCUT2D eigenvalue weighted by Crippen LogP contribution is -2.29. The molecular weight excluding hydrogens is 331 g/mol. The zero-order chi connectivity index (χ0) is 17.2. The minimum absolute atomic E-state index is 0.0565. The summed E-state index contributed by atoms with van der Waals surface area (Å²) in [6, 6.07) is 8.44. The Morgan fingerprint density at radius 2 is 1.88 bits per heavy atom. The number of hydrogen-bond acceptors (Lipinski definition) is 4. The van der Waals surface area contributed by atoms with E-state index < -0.39 is 16.1 Å². The van der Waals surface area contributed by atoms with E-state index in [0.29, 0.717) is 11.1 Å². The van der Waals surface area contributed by atoms with Crippen LogP contribution in [-0.2, 0) is 17.1 Å². The third-order valence-electron chi connectivity index (χ3n) is 3.49. The van der Waals surface area contributed by atoms with Gasteiger partial charge in [0.2, 0.25) is 10.0 Å². The molecule has 0 saturated heterocycles. The summed E-state index contributed by atoms with van der Waals surface area (Å²) in [5.41, 5.74) is 1.26. The Morgan fingerprint density at radius 1 is 1.12 bits per heavy atom. The van der Waals surface area contributed by atoms with Crippen molar-refractivity contribution in [2.45, 2.75) is 10.9 Å². The summed E-state index contributed by atoms with van der Waals surface area (Å²) >= 11 is 0. The van der Waals surface area contributed by atoms with Gasteiger partial charge < -0.3 is 0 Å². The molecular formula is C16H15FN4O2S. The van der Waals surface area contributed by atoms with Crippen LogP contribution in [0.3, 0.4) is 0 Å². The van der Waals surface area contributed by atoms with Crippen molar-refractivity contribution in [3.63, 3.8) is 0 Å². The van der Waals surface area contributed by atoms with Gasteiger partial charge in [-0.05, 0) is 29.3 Å². The fourth-order valence-electron chi connectivity index (χ4n) is 2.29. The van der Waals surface area contributed by atoms with Gasteiger partial charge in [-0.3, -0.25) is 9.67 Å². The number of nitrogens with one attached hydrogen (secondary N) is 1. The van der Waals surface area contributed by atoms with E-state index in [4.69, 9.17) is 0 Å². The summed E-state index contributed by atoms with van der Waals surface area (Å²) in [5.74, 6) is -0.390. The van der Waals surface area contributed by atoms with E-state index in [1.165, 1.54) is 29.2 Å². The van der Waals surface area contributed by atoms with Gasteiger partial charge >= 0.3 is 0 Å². The smallest absolute Gasteiger partial charge is 0.244 e. The van der Waals surface area contributed by atoms with Crippen molar-refractivity contribution in [3.8, 4) is 0 Å². The Bertz CT molecular complexity index is 924. The SMILES string of the molecule is Cn1cc(S(=O)(=O)NC(c2ccc(F)cc2)c2cccnc2)cn1. The first-order chi connectivity index (χ1) is 11.5. The molecule has 0 saturated carbocycles. The molecule has 3 aromatic rings. The Hall–Kier alpha value is -2.58. The summed E-state index contributed by atoms with van der Waals surface area (Å²) in [5, 5.41) is 3.88. The average molecular weight is 346 g/mol. The van der Waals surface area contributed by atoms with Crippen molar-refractivity contribution in [1.82, 2.24) is 19.5 Å². The van der Waals surface area contributed by atoms with E-state index in [1.54, 1.807) is 43.7 Å². The number of hydrogen-bond donors (Lipinski definition) is 1. The molecule has 1 atom stereocenters. The van der Waals surface area contributed by atoms with E-state index in [0.717, 1.165) is 0 Å². The zero-order valence-electron chi connectivity index (χ0n) is 12.8. The van der Waals surface area contributed by atoms with Crippen LogP contribution in [0.5, 0.6) is 0 Å². The van der Waals surface area contributed by atoms with Crippen LogP contribution in [0, 0.1) is 5.82 Å². The van der Waals surface area contributed by atoms with Crippen LogP contribution >= 0.6 is 0 Å². The maximum absolute atomic E-state index is 13.2. The molecule has 0 fully saturated rings. The summed E-state index contributed by atoms with van der Waals surface area (Å²) in [6.07, 6.45) is 5.85. The number of aryl methyl sites for hydroxylation is 1. The molecule has 3 rings (SSSR count). The second-order valence-electron chi connectivity index (χ2n) is 5.24. The Balaban J connectivity index is 2.01. The molecule has 0 bridgehead atoms. The summed E-state index contributed by atoms with van der Waals surface area (Å²) in [4.78, 5) is 4.09. The van der Waals surface area contributed by atoms with Gasteiger partial charge in [-0.1, -0.05) is 18.2 Å². The van der Waals surface area contributed by atoms with Crippen molar-refractivity contribution in [3.05, 3.63) is 78.1 Å². The van der Waals surface area contributed by atoms with Crippen molar-refractivity contribution in [2.24, 2.45) is 7.05 Å². The first-order valence-corrected chi connectivity index (χ1v) is 8.60. The van der Waals surface area contributed by atoms with E-state index in [-0.39, 0.29) is 10.7 Å². The highest BCUT2D eigenvalue weighted by Crippen LogP contribution is 2.24. The van der Waals surface area contributed by atoms with E-state index in [2.05, 4.69) is 14.8 Å². The fourth-order valence-corrected chi connectivity index (χ4v) is 3.49. The van der Waals surface area contributed by atoms with Gasteiger partial charge in [0.05, 0.1) is 12.2 Å². The van der Waals surface area contributed by atoms with Gasteiger partial charge in [-0.15, -0.1) is 0 Å². The first kappa shape index (κ1) is 16.3. The number of rotatable bonds is 5. The van der Waals surface area contributed by atoms with E-state index in [9.17, 15) is 12.8 Å². The molecule has 1 unspecified atom stereocenters. The van der Waals surface area contributed by atoms with Crippen molar-refractivity contribution < 1.29 is 12.8 Å². The van der Waals surface area contributed by atoms with Crippen LogP contribution in [-0.4, -0.2) is 23.2 Å². The molecule has 2 heterocycles. The second kappa shape index (κ2) is 6.50. The highest BCUT2D eigenvalue weighted by Gasteiger charge is 2.24. The topological polar surface area (TPSA) is 76.9 Å². The van der Waals surface area contributed by atoms with Gasteiger partial charge in [0.1, 0.15) is 10.7 Å². The molecule has 0 radical (unpaired) electrons. The Labute approximate surface area is 139 Å². The number of halogens is 1. The Kier molecular flexibility index (Phi) is 4.41. The molecule has 0 aliphatic heterocycles. The Morgan fingerprint density at radius 3 is 2.46 bits per heavy atom. The molecule has 6 nitrogen and oxygen atoms in total. The van der Waals surface area contributed by atoms with Crippen LogP contribution in [0.15, 0.2) is 66.1 Å². The van der Waals surface area contributed by atoms with Gasteiger partial charge in [-0.25, -0.2) is 12.8 Å². The normalized spacial score (nSPS) is 12.9. The minimum Gasteiger partial charge on any atom is -0.274 e. The maximum atomic E-state index is 13.2. The largest absolute Gasteiger partial charge is 0.274 e. The monoisotopic (exact) mass is 346 g/mol. The minimum atomic E-state index is -3.80. The fraction of sp³-hybridized carbons (Fsp3) is 0.125. The van der Waals surface area contributed by atoms with Gasteiger partial charge in [0.15, 0.2) is 0 Å². The van der Waals surface area contributed by atoms with Crippen LogP contribution in [0.2, 0.25) is 0 Å². The van der Waals surface area contributed by atoms with Crippen molar-refractivity contribution in [2.75, 3.05) is 0 Å². The predicted octanol–water partition coefficient (Wildman–Crippen LogP) is 2.02. The maximum Gasteiger partial charge on any atom is 0.244 e. The van der Waals surface area contributed by atoms with Crippen molar-refractivity contribution >= 4 is 10.0 Å². The lowest BCUT2D eigenvalue weighted by atomic mass is 10.0. The van der Waals surface area contributed by atoms with Gasteiger partial charge in [0.25, 0.3) is 0 Å². The van der Waals surface area contributed by atoms with Gasteiger partial charge in [0, 0.05) is 25.6 Å². The molecule has 0 amide bonds. The van der Waals surface area contributed by atoms with Crippen LogP contribution < -0.4 is 4.72 Å². The molecule has 0 spiro atoms. The third-order valence-corrected chi connectivity index (χ3v) is 4.86. The molecule has 2 aromatic heterocycles. The molecule has 0 aliphatic carbocycles. The van der Waals surface area contributed by atoms with Crippen LogP contribution in [0.25, 0.3) is 0 Å². The number of aromatic nitrogens is 3. The quantitative estimate of drug-likeness (QED) is 0.767. The second-order valence-corrected chi connectivity index (χ2v) is 6.96. The standard InChI is InChI=1S/C16H15FN4O2S/c1-21-11-15(10-19-21)24(22,23)20-16(13-3-2-8-18-9-13)12-4-6-14(17)7-5-12/h2-11,16,20H,1H3. The predicted molar refractivity (Wildman–Crippen MR) is 86.0 cm³/mol. The van der Waals surface area contributed by atoms with Gasteiger partial charge in [-0.2, -0.15) is 9.82 Å². The molecule has 0 aliphatic rings. The molecule has 24 heavy (non-hydrogen) atoms. The zero-order valence-corrected chi connectivity index (χ0v) is 13.6. The molecule has 1 aromatic carbocycles. The number of pyridine rings is 1. The number of sulfonamides is 1. The molecule has 8 heteroatoms. The molecule has 124 valence electrons. The third kappa shape index (κ3) is 3.50. The van der Waals surface area contributed by atoms with E-state index in [1.807, 2.05) is 0 Å². The van der Waals surface area contributed by atoms with E-state index >= 15 is 0 Å². The highest BCUT2D eigenvalue weighted by molar-refractivity contribution is 7.89. The summed E-state index contributed by atoms with van der Waals surface area (Å²) in [6.45, 7) is 0. The number of nitrogens with zero attached hydrogens (tertiary/aromatic N) is 3. The molecule has 1 N–H and O–H groups in total. The number of benzene rings is 1. The summed E-state index contributed by atoms with van der Waals surface area (Å²) < 4.78 is 42.5. The first-order valence-electron chi connectivity index (χ1n) is 7.12. The lowest BCUT2D eigenvalue weighted by molar-refractivity contribution is 0.571. The lowest BCUT2D eigenvalue weighted by Gasteiger charge is -2.19. The average Bonchev–Trinajstić information content (AvgIpc) is 3.02. The van der Waals surface area contributed by atoms with Crippen LogP contribution in [0.4, 0.5) is 4.39 Å².